The minimum Gasteiger partial charge on any atom is -0.320 e. The summed E-state index contributed by atoms with van der Waals surface area (Å²) >= 11 is 1.28. The first-order valence-electron chi connectivity index (χ1n) is 5.08. The van der Waals surface area contributed by atoms with Gasteiger partial charge in [0.1, 0.15) is 11.5 Å². The number of amides is 1. The van der Waals surface area contributed by atoms with Crippen molar-refractivity contribution in [1.29, 1.82) is 0 Å². The Labute approximate surface area is 106 Å². The molecule has 2 aromatic rings. The van der Waals surface area contributed by atoms with E-state index in [1.807, 2.05) is 0 Å². The highest BCUT2D eigenvalue weighted by molar-refractivity contribution is 7.07. The molecule has 0 bridgehead atoms. The highest BCUT2D eigenvalue weighted by Gasteiger charge is 2.13. The van der Waals surface area contributed by atoms with E-state index in [1.54, 1.807) is 5.38 Å². The molecule has 0 fully saturated rings. The number of hydrogen-bond acceptors (Lipinski definition) is 4. The summed E-state index contributed by atoms with van der Waals surface area (Å²) in [5.74, 6) is -1.23. The lowest BCUT2D eigenvalue weighted by atomic mass is 10.1. The summed E-state index contributed by atoms with van der Waals surface area (Å²) < 4.78 is 13.1. The van der Waals surface area contributed by atoms with Crippen LogP contribution in [0.15, 0.2) is 29.1 Å². The average molecular weight is 264 g/mol. The molecule has 92 valence electrons. The fourth-order valence-corrected chi connectivity index (χ4v) is 1.97. The lowest BCUT2D eigenvalue weighted by molar-refractivity contribution is 0.101. The number of anilines is 1. The number of nitrogens with one attached hydrogen (secondary N) is 1. The van der Waals surface area contributed by atoms with E-state index in [9.17, 15) is 14.0 Å². The molecule has 1 N–H and O–H groups in total. The number of thiazole rings is 1. The van der Waals surface area contributed by atoms with E-state index >= 15 is 0 Å². The van der Waals surface area contributed by atoms with Crippen LogP contribution in [0.2, 0.25) is 0 Å². The molecular weight excluding hydrogens is 255 g/mol. The normalized spacial score (nSPS) is 10.1. The Balaban J connectivity index is 2.31. The van der Waals surface area contributed by atoms with Crippen molar-refractivity contribution in [3.8, 4) is 0 Å². The van der Waals surface area contributed by atoms with Gasteiger partial charge in [-0.3, -0.25) is 9.59 Å². The van der Waals surface area contributed by atoms with Gasteiger partial charge >= 0.3 is 0 Å². The van der Waals surface area contributed by atoms with Gasteiger partial charge in [0.25, 0.3) is 5.91 Å². The molecule has 0 saturated carbocycles. The van der Waals surface area contributed by atoms with E-state index in [4.69, 9.17) is 0 Å². The van der Waals surface area contributed by atoms with Crippen molar-refractivity contribution in [2.75, 3.05) is 5.32 Å². The molecule has 0 aliphatic heterocycles. The SMILES string of the molecule is CC(=O)c1ccc(F)cc1NC(=O)c1cscn1. The second kappa shape index (κ2) is 5.05. The number of benzene rings is 1. The number of Topliss-reactive ketones (excluding diaryl/α,β-unsaturated/α-hetero) is 1. The topological polar surface area (TPSA) is 59.1 Å². The Morgan fingerprint density at radius 1 is 1.39 bits per heavy atom. The predicted octanol–water partition coefficient (Wildman–Crippen LogP) is 2.74. The molecular formula is C12H9FN2O2S. The summed E-state index contributed by atoms with van der Waals surface area (Å²) in [6, 6.07) is 3.63. The number of carbonyl (C=O) groups excluding carboxylic acids is 2. The number of rotatable bonds is 3. The maximum Gasteiger partial charge on any atom is 0.275 e. The third-order valence-electron chi connectivity index (χ3n) is 2.27. The molecule has 1 aromatic heterocycles. The Morgan fingerprint density at radius 2 is 2.17 bits per heavy atom. The third-order valence-corrected chi connectivity index (χ3v) is 2.86. The van der Waals surface area contributed by atoms with Crippen molar-refractivity contribution >= 4 is 28.7 Å². The zero-order valence-corrected chi connectivity index (χ0v) is 10.3. The Kier molecular flexibility index (Phi) is 3.47. The molecule has 0 atom stereocenters. The average Bonchev–Trinajstić information content (AvgIpc) is 2.81. The largest absolute Gasteiger partial charge is 0.320 e. The standard InChI is InChI=1S/C12H9FN2O2S/c1-7(16)9-3-2-8(13)4-10(9)15-12(17)11-5-18-6-14-11/h2-6H,1H3,(H,15,17). The monoisotopic (exact) mass is 264 g/mol. The number of halogens is 1. The first-order chi connectivity index (χ1) is 8.58. The van der Waals surface area contributed by atoms with Gasteiger partial charge in [-0.15, -0.1) is 11.3 Å². The molecule has 0 aliphatic rings. The molecule has 2 rings (SSSR count). The van der Waals surface area contributed by atoms with Gasteiger partial charge in [0.15, 0.2) is 5.78 Å². The zero-order valence-electron chi connectivity index (χ0n) is 9.44. The van der Waals surface area contributed by atoms with E-state index in [1.165, 1.54) is 35.9 Å². The summed E-state index contributed by atoms with van der Waals surface area (Å²) in [6.07, 6.45) is 0. The maximum absolute atomic E-state index is 13.1. The van der Waals surface area contributed by atoms with Crippen LogP contribution >= 0.6 is 11.3 Å². The number of ketones is 1. The maximum atomic E-state index is 13.1. The zero-order chi connectivity index (χ0) is 13.1. The van der Waals surface area contributed by atoms with E-state index in [2.05, 4.69) is 10.3 Å². The fourth-order valence-electron chi connectivity index (χ4n) is 1.44. The van der Waals surface area contributed by atoms with Crippen LogP contribution in [0.4, 0.5) is 10.1 Å². The summed E-state index contributed by atoms with van der Waals surface area (Å²) in [5, 5.41) is 4.05. The quantitative estimate of drug-likeness (QED) is 0.867. The first kappa shape index (κ1) is 12.4. The van der Waals surface area contributed by atoms with Crippen LogP contribution in [-0.2, 0) is 0 Å². The van der Waals surface area contributed by atoms with Crippen molar-refractivity contribution in [3.63, 3.8) is 0 Å². The number of nitrogens with zero attached hydrogens (tertiary/aromatic N) is 1. The van der Waals surface area contributed by atoms with Crippen LogP contribution in [0, 0.1) is 5.82 Å². The molecule has 1 amide bonds. The van der Waals surface area contributed by atoms with Gasteiger partial charge in [-0.05, 0) is 25.1 Å². The van der Waals surface area contributed by atoms with Crippen molar-refractivity contribution in [1.82, 2.24) is 4.98 Å². The van der Waals surface area contributed by atoms with Gasteiger partial charge in [0, 0.05) is 10.9 Å². The van der Waals surface area contributed by atoms with Gasteiger partial charge in [-0.25, -0.2) is 9.37 Å². The lowest BCUT2D eigenvalue weighted by Crippen LogP contribution is -2.14. The van der Waals surface area contributed by atoms with Crippen LogP contribution in [0.5, 0.6) is 0 Å². The summed E-state index contributed by atoms with van der Waals surface area (Å²) in [5.41, 5.74) is 2.17. The Bertz CT molecular complexity index is 596. The summed E-state index contributed by atoms with van der Waals surface area (Å²) in [6.45, 7) is 1.35. The fraction of sp³-hybridized carbons (Fsp3) is 0.0833. The van der Waals surface area contributed by atoms with Crippen molar-refractivity contribution in [3.05, 3.63) is 46.2 Å². The molecule has 0 radical (unpaired) electrons. The van der Waals surface area contributed by atoms with E-state index in [-0.39, 0.29) is 22.7 Å². The number of hydrogen-bond donors (Lipinski definition) is 1. The van der Waals surface area contributed by atoms with Crippen molar-refractivity contribution < 1.29 is 14.0 Å². The van der Waals surface area contributed by atoms with Gasteiger partial charge < -0.3 is 5.32 Å². The second-order valence-corrected chi connectivity index (χ2v) is 4.29. The molecule has 0 saturated heterocycles. The summed E-state index contributed by atoms with van der Waals surface area (Å²) in [4.78, 5) is 27.0. The molecule has 6 heteroatoms. The smallest absolute Gasteiger partial charge is 0.275 e. The molecule has 0 unspecified atom stereocenters. The second-order valence-electron chi connectivity index (χ2n) is 3.57. The van der Waals surface area contributed by atoms with E-state index in [0.29, 0.717) is 0 Å². The Hall–Kier alpha value is -2.08. The molecule has 1 aromatic carbocycles. The van der Waals surface area contributed by atoms with Crippen LogP contribution in [0.25, 0.3) is 0 Å². The molecule has 0 spiro atoms. The third kappa shape index (κ3) is 2.60. The highest BCUT2D eigenvalue weighted by atomic mass is 32.1. The highest BCUT2D eigenvalue weighted by Crippen LogP contribution is 2.18. The van der Waals surface area contributed by atoms with Crippen LogP contribution in [-0.4, -0.2) is 16.7 Å². The van der Waals surface area contributed by atoms with Crippen LogP contribution in [0.3, 0.4) is 0 Å². The molecule has 4 nitrogen and oxygen atoms in total. The van der Waals surface area contributed by atoms with Gasteiger partial charge in [0.2, 0.25) is 0 Å². The van der Waals surface area contributed by atoms with Gasteiger partial charge in [0.05, 0.1) is 11.2 Å². The van der Waals surface area contributed by atoms with Crippen molar-refractivity contribution in [2.24, 2.45) is 0 Å². The molecule has 1 heterocycles. The van der Waals surface area contributed by atoms with Crippen LogP contribution in [0.1, 0.15) is 27.8 Å². The lowest BCUT2D eigenvalue weighted by Gasteiger charge is -2.08. The molecule has 0 aliphatic carbocycles. The first-order valence-corrected chi connectivity index (χ1v) is 6.02. The minimum absolute atomic E-state index is 0.153. The molecule has 18 heavy (non-hydrogen) atoms. The van der Waals surface area contributed by atoms with E-state index in [0.717, 1.165) is 6.07 Å². The van der Waals surface area contributed by atoms with Gasteiger partial charge in [-0.1, -0.05) is 0 Å². The predicted molar refractivity (Wildman–Crippen MR) is 66.5 cm³/mol. The minimum atomic E-state index is -0.520. The van der Waals surface area contributed by atoms with Crippen molar-refractivity contribution in [2.45, 2.75) is 6.92 Å². The van der Waals surface area contributed by atoms with Gasteiger partial charge in [-0.2, -0.15) is 0 Å². The summed E-state index contributed by atoms with van der Waals surface area (Å²) in [7, 11) is 0. The van der Waals surface area contributed by atoms with Crippen LogP contribution < -0.4 is 5.32 Å². The number of carbonyl (C=O) groups is 2. The number of aromatic nitrogens is 1. The Morgan fingerprint density at radius 3 is 2.78 bits per heavy atom. The van der Waals surface area contributed by atoms with E-state index < -0.39 is 11.7 Å².